The van der Waals surface area contributed by atoms with Crippen LogP contribution in [0.25, 0.3) is 0 Å². The van der Waals surface area contributed by atoms with Crippen LogP contribution in [0.3, 0.4) is 0 Å². The normalized spacial score (nSPS) is 13.1. The number of ketones is 1. The number of hydrogen-bond acceptors (Lipinski definition) is 4. The standard InChI is InChI=1S/C12H19NO2S/c1-5-15-12(8(2)3)10(14)6-11-13-9(4)7-16-11/h7-8,12H,5-6H2,1-4H3. The molecule has 3 nitrogen and oxygen atoms in total. The molecule has 0 N–H and O–H groups in total. The minimum Gasteiger partial charge on any atom is -0.370 e. The highest BCUT2D eigenvalue weighted by Gasteiger charge is 2.23. The van der Waals surface area contributed by atoms with E-state index in [1.165, 1.54) is 11.3 Å². The molecule has 1 rings (SSSR count). The molecule has 1 aromatic heterocycles. The molecule has 0 fully saturated rings. The van der Waals surface area contributed by atoms with Crippen molar-refractivity contribution in [2.75, 3.05) is 6.61 Å². The quantitative estimate of drug-likeness (QED) is 0.768. The van der Waals surface area contributed by atoms with E-state index < -0.39 is 0 Å². The molecule has 0 bridgehead atoms. The Morgan fingerprint density at radius 1 is 1.56 bits per heavy atom. The summed E-state index contributed by atoms with van der Waals surface area (Å²) in [6.07, 6.45) is 0.0932. The van der Waals surface area contributed by atoms with Gasteiger partial charge in [-0.1, -0.05) is 13.8 Å². The lowest BCUT2D eigenvalue weighted by Gasteiger charge is -2.18. The van der Waals surface area contributed by atoms with Gasteiger partial charge in [0.1, 0.15) is 11.1 Å². The summed E-state index contributed by atoms with van der Waals surface area (Å²) in [6, 6.07) is 0. The summed E-state index contributed by atoms with van der Waals surface area (Å²) in [4.78, 5) is 16.3. The first kappa shape index (κ1) is 13.3. The SMILES string of the molecule is CCOC(C(=O)Cc1nc(C)cs1)C(C)C. The van der Waals surface area contributed by atoms with E-state index in [9.17, 15) is 4.79 Å². The molecule has 1 unspecified atom stereocenters. The Kier molecular flexibility index (Phi) is 5.09. The maximum absolute atomic E-state index is 12.0. The second-order valence-corrected chi connectivity index (χ2v) is 5.09. The first-order chi connectivity index (χ1) is 7.54. The fourth-order valence-electron chi connectivity index (χ4n) is 1.57. The summed E-state index contributed by atoms with van der Waals surface area (Å²) in [5.74, 6) is 0.347. The number of thiazole rings is 1. The van der Waals surface area contributed by atoms with Crippen LogP contribution in [-0.2, 0) is 16.0 Å². The summed E-state index contributed by atoms with van der Waals surface area (Å²) in [7, 11) is 0. The van der Waals surface area contributed by atoms with Crippen molar-refractivity contribution in [2.45, 2.75) is 40.2 Å². The summed E-state index contributed by atoms with van der Waals surface area (Å²) >= 11 is 1.54. The van der Waals surface area contributed by atoms with Crippen molar-refractivity contribution in [3.63, 3.8) is 0 Å². The Hall–Kier alpha value is -0.740. The van der Waals surface area contributed by atoms with Gasteiger partial charge in [-0.25, -0.2) is 4.98 Å². The Morgan fingerprint density at radius 2 is 2.25 bits per heavy atom. The molecular formula is C12H19NO2S. The maximum atomic E-state index is 12.0. The van der Waals surface area contributed by atoms with Crippen LogP contribution in [-0.4, -0.2) is 23.5 Å². The third-order valence-electron chi connectivity index (χ3n) is 2.26. The molecule has 0 radical (unpaired) electrons. The van der Waals surface area contributed by atoms with Crippen LogP contribution in [0.4, 0.5) is 0 Å². The summed E-state index contributed by atoms with van der Waals surface area (Å²) in [6.45, 7) is 8.44. The average Bonchev–Trinajstić information content (AvgIpc) is 2.59. The fourth-order valence-corrected chi connectivity index (χ4v) is 2.35. The summed E-state index contributed by atoms with van der Waals surface area (Å²) < 4.78 is 5.47. The van der Waals surface area contributed by atoms with Gasteiger partial charge in [-0.15, -0.1) is 11.3 Å². The smallest absolute Gasteiger partial charge is 0.168 e. The van der Waals surface area contributed by atoms with Crippen LogP contribution in [0.2, 0.25) is 0 Å². The van der Waals surface area contributed by atoms with Crippen molar-refractivity contribution < 1.29 is 9.53 Å². The van der Waals surface area contributed by atoms with Crippen molar-refractivity contribution in [2.24, 2.45) is 5.92 Å². The van der Waals surface area contributed by atoms with Gasteiger partial charge in [0.05, 0.1) is 6.42 Å². The maximum Gasteiger partial charge on any atom is 0.168 e. The largest absolute Gasteiger partial charge is 0.370 e. The van der Waals surface area contributed by atoms with E-state index in [-0.39, 0.29) is 17.8 Å². The van der Waals surface area contributed by atoms with Gasteiger partial charge >= 0.3 is 0 Å². The number of ether oxygens (including phenoxy) is 1. The zero-order valence-electron chi connectivity index (χ0n) is 10.3. The van der Waals surface area contributed by atoms with Crippen molar-refractivity contribution in [1.82, 2.24) is 4.98 Å². The highest BCUT2D eigenvalue weighted by molar-refractivity contribution is 7.09. The van der Waals surface area contributed by atoms with Gasteiger partial charge in [-0.3, -0.25) is 4.79 Å². The lowest BCUT2D eigenvalue weighted by Crippen LogP contribution is -2.31. The minimum atomic E-state index is -0.297. The first-order valence-corrected chi connectivity index (χ1v) is 6.47. The van der Waals surface area contributed by atoms with E-state index in [1.54, 1.807) is 0 Å². The summed E-state index contributed by atoms with van der Waals surface area (Å²) in [5, 5.41) is 2.85. The number of nitrogens with zero attached hydrogens (tertiary/aromatic N) is 1. The molecule has 0 amide bonds. The van der Waals surface area contributed by atoms with Crippen molar-refractivity contribution in [3.05, 3.63) is 16.1 Å². The lowest BCUT2D eigenvalue weighted by molar-refractivity contribution is -0.132. The first-order valence-electron chi connectivity index (χ1n) is 5.60. The van der Waals surface area contributed by atoms with E-state index >= 15 is 0 Å². The Balaban J connectivity index is 2.61. The highest BCUT2D eigenvalue weighted by atomic mass is 32.1. The van der Waals surface area contributed by atoms with Crippen LogP contribution in [0.1, 0.15) is 31.5 Å². The third-order valence-corrected chi connectivity index (χ3v) is 3.23. The topological polar surface area (TPSA) is 39.2 Å². The van der Waals surface area contributed by atoms with Gasteiger partial charge < -0.3 is 4.74 Å². The molecule has 4 heteroatoms. The molecule has 0 aliphatic carbocycles. The van der Waals surface area contributed by atoms with E-state index in [0.717, 1.165) is 10.7 Å². The van der Waals surface area contributed by atoms with Gasteiger partial charge in [0.15, 0.2) is 5.78 Å². The van der Waals surface area contributed by atoms with Gasteiger partial charge in [0, 0.05) is 17.7 Å². The van der Waals surface area contributed by atoms with Crippen LogP contribution < -0.4 is 0 Å². The van der Waals surface area contributed by atoms with Crippen LogP contribution in [0.15, 0.2) is 5.38 Å². The zero-order valence-corrected chi connectivity index (χ0v) is 11.1. The van der Waals surface area contributed by atoms with Crippen LogP contribution in [0.5, 0.6) is 0 Å². The molecule has 1 heterocycles. The predicted octanol–water partition coefficient (Wildman–Crippen LogP) is 2.62. The molecule has 0 aliphatic rings. The molecule has 1 aromatic rings. The predicted molar refractivity (Wildman–Crippen MR) is 65.8 cm³/mol. The Bertz CT molecular complexity index is 347. The third kappa shape index (κ3) is 3.68. The van der Waals surface area contributed by atoms with Gasteiger partial charge in [0.25, 0.3) is 0 Å². The molecular weight excluding hydrogens is 222 g/mol. The van der Waals surface area contributed by atoms with Crippen molar-refractivity contribution in [3.8, 4) is 0 Å². The fraction of sp³-hybridized carbons (Fsp3) is 0.667. The molecule has 0 saturated carbocycles. The number of carbonyl (C=O) groups is 1. The van der Waals surface area contributed by atoms with Gasteiger partial charge in [-0.2, -0.15) is 0 Å². The van der Waals surface area contributed by atoms with Crippen molar-refractivity contribution in [1.29, 1.82) is 0 Å². The van der Waals surface area contributed by atoms with Crippen molar-refractivity contribution >= 4 is 17.1 Å². The lowest BCUT2D eigenvalue weighted by atomic mass is 10.0. The second-order valence-electron chi connectivity index (χ2n) is 4.15. The molecule has 90 valence electrons. The monoisotopic (exact) mass is 241 g/mol. The number of hydrogen-bond donors (Lipinski definition) is 0. The number of Topliss-reactive ketones (excluding diaryl/α,β-unsaturated/α-hetero) is 1. The van der Waals surface area contributed by atoms with Gasteiger partial charge in [-0.05, 0) is 19.8 Å². The molecule has 0 saturated heterocycles. The van der Waals surface area contributed by atoms with E-state index in [4.69, 9.17) is 4.74 Å². The molecule has 0 spiro atoms. The average molecular weight is 241 g/mol. The number of aryl methyl sites for hydroxylation is 1. The molecule has 16 heavy (non-hydrogen) atoms. The number of aromatic nitrogens is 1. The molecule has 0 aliphatic heterocycles. The Morgan fingerprint density at radius 3 is 2.69 bits per heavy atom. The minimum absolute atomic E-state index is 0.131. The van der Waals surface area contributed by atoms with E-state index in [0.29, 0.717) is 13.0 Å². The van der Waals surface area contributed by atoms with E-state index in [2.05, 4.69) is 4.98 Å². The summed E-state index contributed by atoms with van der Waals surface area (Å²) in [5.41, 5.74) is 0.977. The van der Waals surface area contributed by atoms with E-state index in [1.807, 2.05) is 33.1 Å². The zero-order chi connectivity index (χ0) is 12.1. The molecule has 0 aromatic carbocycles. The second kappa shape index (κ2) is 6.11. The highest BCUT2D eigenvalue weighted by Crippen LogP contribution is 2.14. The number of rotatable bonds is 6. The van der Waals surface area contributed by atoms with Gasteiger partial charge in [0.2, 0.25) is 0 Å². The Labute approximate surface area is 101 Å². The number of carbonyl (C=O) groups excluding carboxylic acids is 1. The molecule has 1 atom stereocenters. The van der Waals surface area contributed by atoms with Crippen LogP contribution in [0, 0.1) is 12.8 Å². The van der Waals surface area contributed by atoms with Crippen LogP contribution >= 0.6 is 11.3 Å².